The van der Waals surface area contributed by atoms with Crippen molar-refractivity contribution < 1.29 is 19.4 Å². The standard InChI is InChI=1S/C15H22N2O4/c1-15(2,3)21-14(19)17-7-5-13(9-17)20-12-4-6-16-11(8-12)10-18/h4,6,8,13,18H,5,7,9-10H2,1-3H3/t13-/m0/s1. The second-order valence-electron chi connectivity index (χ2n) is 6.10. The van der Waals surface area contributed by atoms with Crippen LogP contribution in [0.1, 0.15) is 32.9 Å². The zero-order chi connectivity index (χ0) is 15.5. The van der Waals surface area contributed by atoms with Crippen molar-refractivity contribution in [3.8, 4) is 5.75 Å². The summed E-state index contributed by atoms with van der Waals surface area (Å²) in [5.74, 6) is 0.657. The summed E-state index contributed by atoms with van der Waals surface area (Å²) in [5.41, 5.74) is 0.0754. The molecule has 1 fully saturated rings. The Hall–Kier alpha value is -1.82. The van der Waals surface area contributed by atoms with Crippen molar-refractivity contribution >= 4 is 6.09 Å². The molecule has 0 bridgehead atoms. The van der Waals surface area contributed by atoms with Gasteiger partial charge in [0, 0.05) is 25.2 Å². The maximum atomic E-state index is 12.0. The molecule has 2 rings (SSSR count). The molecular formula is C15H22N2O4. The maximum absolute atomic E-state index is 12.0. The summed E-state index contributed by atoms with van der Waals surface area (Å²) in [6, 6.07) is 3.45. The summed E-state index contributed by atoms with van der Waals surface area (Å²) in [7, 11) is 0. The first kappa shape index (κ1) is 15.6. The molecule has 6 nitrogen and oxygen atoms in total. The third-order valence-electron chi connectivity index (χ3n) is 3.05. The van der Waals surface area contributed by atoms with Crippen molar-refractivity contribution in [2.75, 3.05) is 13.1 Å². The number of nitrogens with zero attached hydrogens (tertiary/aromatic N) is 2. The Labute approximate surface area is 124 Å². The van der Waals surface area contributed by atoms with Gasteiger partial charge < -0.3 is 19.5 Å². The van der Waals surface area contributed by atoms with E-state index in [1.165, 1.54) is 0 Å². The van der Waals surface area contributed by atoms with Crippen LogP contribution in [0.2, 0.25) is 0 Å². The molecule has 1 saturated heterocycles. The second kappa shape index (κ2) is 6.30. The van der Waals surface area contributed by atoms with Crippen LogP contribution in [0.4, 0.5) is 4.79 Å². The molecule has 1 amide bonds. The van der Waals surface area contributed by atoms with Crippen molar-refractivity contribution in [3.63, 3.8) is 0 Å². The minimum Gasteiger partial charge on any atom is -0.488 e. The van der Waals surface area contributed by atoms with E-state index in [4.69, 9.17) is 14.6 Å². The Morgan fingerprint density at radius 2 is 2.29 bits per heavy atom. The Balaban J connectivity index is 1.89. The largest absolute Gasteiger partial charge is 0.488 e. The molecule has 1 aliphatic heterocycles. The van der Waals surface area contributed by atoms with E-state index in [9.17, 15) is 4.79 Å². The van der Waals surface area contributed by atoms with Gasteiger partial charge in [-0.1, -0.05) is 0 Å². The van der Waals surface area contributed by atoms with Gasteiger partial charge in [-0.3, -0.25) is 4.98 Å². The number of aromatic nitrogens is 1. The highest BCUT2D eigenvalue weighted by atomic mass is 16.6. The van der Waals surface area contributed by atoms with Gasteiger partial charge in [0.05, 0.1) is 18.8 Å². The summed E-state index contributed by atoms with van der Waals surface area (Å²) >= 11 is 0. The van der Waals surface area contributed by atoms with E-state index in [0.29, 0.717) is 24.5 Å². The number of ether oxygens (including phenoxy) is 2. The topological polar surface area (TPSA) is 71.9 Å². The minimum absolute atomic E-state index is 0.0635. The molecule has 0 saturated carbocycles. The van der Waals surface area contributed by atoms with Crippen molar-refractivity contribution in [1.82, 2.24) is 9.88 Å². The number of aliphatic hydroxyl groups excluding tert-OH is 1. The fourth-order valence-electron chi connectivity index (χ4n) is 2.12. The quantitative estimate of drug-likeness (QED) is 0.922. The number of hydrogen-bond donors (Lipinski definition) is 1. The number of pyridine rings is 1. The third-order valence-corrected chi connectivity index (χ3v) is 3.05. The number of hydrogen-bond acceptors (Lipinski definition) is 5. The predicted octanol–water partition coefficient (Wildman–Crippen LogP) is 1.96. The van der Waals surface area contributed by atoms with Crippen LogP contribution in [0.3, 0.4) is 0 Å². The molecule has 21 heavy (non-hydrogen) atoms. The van der Waals surface area contributed by atoms with Crippen molar-refractivity contribution in [2.45, 2.75) is 45.5 Å². The van der Waals surface area contributed by atoms with E-state index in [0.717, 1.165) is 6.42 Å². The Kier molecular flexibility index (Phi) is 4.67. The molecule has 6 heteroatoms. The van der Waals surface area contributed by atoms with E-state index >= 15 is 0 Å². The van der Waals surface area contributed by atoms with Crippen LogP contribution in [-0.4, -0.2) is 45.9 Å². The van der Waals surface area contributed by atoms with Crippen LogP contribution >= 0.6 is 0 Å². The van der Waals surface area contributed by atoms with E-state index in [1.54, 1.807) is 23.2 Å². The number of rotatable bonds is 3. The molecule has 0 aromatic carbocycles. The smallest absolute Gasteiger partial charge is 0.410 e. The van der Waals surface area contributed by atoms with Gasteiger partial charge in [-0.15, -0.1) is 0 Å². The molecule has 0 unspecified atom stereocenters. The van der Waals surface area contributed by atoms with Gasteiger partial charge in [0.2, 0.25) is 0 Å². The van der Waals surface area contributed by atoms with Gasteiger partial charge in [0.15, 0.2) is 0 Å². The predicted molar refractivity (Wildman–Crippen MR) is 77.0 cm³/mol. The summed E-state index contributed by atoms with van der Waals surface area (Å²) in [5, 5.41) is 9.06. The van der Waals surface area contributed by atoms with Crippen LogP contribution in [0.15, 0.2) is 18.3 Å². The van der Waals surface area contributed by atoms with E-state index in [-0.39, 0.29) is 18.8 Å². The van der Waals surface area contributed by atoms with E-state index in [2.05, 4.69) is 4.98 Å². The van der Waals surface area contributed by atoms with Gasteiger partial charge in [0.25, 0.3) is 0 Å². The number of aliphatic hydroxyl groups is 1. The lowest BCUT2D eigenvalue weighted by atomic mass is 10.2. The van der Waals surface area contributed by atoms with Gasteiger partial charge >= 0.3 is 6.09 Å². The Bertz CT molecular complexity index is 499. The summed E-state index contributed by atoms with van der Waals surface area (Å²) < 4.78 is 11.2. The van der Waals surface area contributed by atoms with Crippen molar-refractivity contribution in [3.05, 3.63) is 24.0 Å². The number of likely N-dealkylation sites (tertiary alicyclic amines) is 1. The van der Waals surface area contributed by atoms with E-state index < -0.39 is 5.60 Å². The summed E-state index contributed by atoms with van der Waals surface area (Å²) in [6.07, 6.45) is 1.99. The molecule has 1 N–H and O–H groups in total. The number of carbonyl (C=O) groups is 1. The molecule has 1 aromatic rings. The molecule has 1 aliphatic rings. The Morgan fingerprint density at radius 1 is 1.52 bits per heavy atom. The minimum atomic E-state index is -0.489. The first-order valence-electron chi connectivity index (χ1n) is 7.08. The van der Waals surface area contributed by atoms with E-state index in [1.807, 2.05) is 20.8 Å². The fourth-order valence-corrected chi connectivity index (χ4v) is 2.12. The summed E-state index contributed by atoms with van der Waals surface area (Å²) in [6.45, 7) is 6.56. The number of carbonyl (C=O) groups excluding carboxylic acids is 1. The molecule has 0 radical (unpaired) electrons. The van der Waals surface area contributed by atoms with Gasteiger partial charge in [-0.2, -0.15) is 0 Å². The highest BCUT2D eigenvalue weighted by molar-refractivity contribution is 5.68. The van der Waals surface area contributed by atoms with Crippen molar-refractivity contribution in [1.29, 1.82) is 0 Å². The average Bonchev–Trinajstić information content (AvgIpc) is 2.85. The van der Waals surface area contributed by atoms with Crippen LogP contribution < -0.4 is 4.74 Å². The lowest BCUT2D eigenvalue weighted by molar-refractivity contribution is 0.0275. The molecule has 0 aliphatic carbocycles. The molecule has 1 aromatic heterocycles. The zero-order valence-electron chi connectivity index (χ0n) is 12.7. The maximum Gasteiger partial charge on any atom is 0.410 e. The number of amides is 1. The lowest BCUT2D eigenvalue weighted by Crippen LogP contribution is -2.36. The first-order valence-corrected chi connectivity index (χ1v) is 7.08. The molecular weight excluding hydrogens is 272 g/mol. The normalized spacial score (nSPS) is 18.7. The lowest BCUT2D eigenvalue weighted by Gasteiger charge is -2.24. The van der Waals surface area contributed by atoms with Gasteiger partial charge in [-0.25, -0.2) is 4.79 Å². The average molecular weight is 294 g/mol. The van der Waals surface area contributed by atoms with Crippen LogP contribution in [-0.2, 0) is 11.3 Å². The van der Waals surface area contributed by atoms with Gasteiger partial charge in [0.1, 0.15) is 17.5 Å². The molecule has 2 heterocycles. The molecule has 0 spiro atoms. The third kappa shape index (κ3) is 4.60. The van der Waals surface area contributed by atoms with Crippen LogP contribution in [0.25, 0.3) is 0 Å². The van der Waals surface area contributed by atoms with Crippen LogP contribution in [0.5, 0.6) is 5.75 Å². The second-order valence-corrected chi connectivity index (χ2v) is 6.10. The molecule has 116 valence electrons. The monoisotopic (exact) mass is 294 g/mol. The molecule has 1 atom stereocenters. The van der Waals surface area contributed by atoms with Crippen molar-refractivity contribution in [2.24, 2.45) is 0 Å². The fraction of sp³-hybridized carbons (Fsp3) is 0.600. The zero-order valence-corrected chi connectivity index (χ0v) is 12.7. The van der Waals surface area contributed by atoms with Crippen LogP contribution in [0, 0.1) is 0 Å². The first-order chi connectivity index (χ1) is 9.87. The SMILES string of the molecule is CC(C)(C)OC(=O)N1CC[C@H](Oc2ccnc(CO)c2)C1. The highest BCUT2D eigenvalue weighted by Gasteiger charge is 2.30. The Morgan fingerprint density at radius 3 is 2.95 bits per heavy atom. The van der Waals surface area contributed by atoms with Gasteiger partial charge in [-0.05, 0) is 26.8 Å². The highest BCUT2D eigenvalue weighted by Crippen LogP contribution is 2.20. The summed E-state index contributed by atoms with van der Waals surface area (Å²) in [4.78, 5) is 17.6.